The van der Waals surface area contributed by atoms with E-state index in [4.69, 9.17) is 14.6 Å². The van der Waals surface area contributed by atoms with Gasteiger partial charge in [-0.3, -0.25) is 9.59 Å². The van der Waals surface area contributed by atoms with Crippen LogP contribution < -0.4 is 14.8 Å². The topological polar surface area (TPSA) is 92.6 Å². The van der Waals surface area contributed by atoms with Gasteiger partial charge in [-0.05, 0) is 59.7 Å². The molecule has 0 aromatic heterocycles. The van der Waals surface area contributed by atoms with Gasteiger partial charge in [0.25, 0.3) is 5.91 Å². The number of hydrogen-bond donors (Lipinski definition) is 1. The molecule has 2 amide bonds. The van der Waals surface area contributed by atoms with Crippen molar-refractivity contribution in [1.82, 2.24) is 5.01 Å². The van der Waals surface area contributed by atoms with Crippen molar-refractivity contribution >= 4 is 40.1 Å². The number of benzene rings is 3. The number of nitrogens with one attached hydrogen (secondary N) is 1. The van der Waals surface area contributed by atoms with Gasteiger partial charge in [-0.1, -0.05) is 42.1 Å². The number of hydrogen-bond acceptors (Lipinski definition) is 7. The third-order valence-electron chi connectivity index (χ3n) is 6.19. The Balaban J connectivity index is 1.32. The van der Waals surface area contributed by atoms with Crippen LogP contribution in [0.2, 0.25) is 0 Å². The zero-order valence-corrected chi connectivity index (χ0v) is 21.3. The maximum Gasteiger partial charge on any atom is 0.262 e. The highest BCUT2D eigenvalue weighted by Crippen LogP contribution is 2.38. The summed E-state index contributed by atoms with van der Waals surface area (Å²) in [7, 11) is 3.22. The summed E-state index contributed by atoms with van der Waals surface area (Å²) in [5.74, 6) is 0.891. The summed E-state index contributed by atoms with van der Waals surface area (Å²) in [6.45, 7) is 0. The Hall–Kier alpha value is -4.11. The van der Waals surface area contributed by atoms with Gasteiger partial charge < -0.3 is 14.8 Å². The predicted molar refractivity (Wildman–Crippen MR) is 145 cm³/mol. The minimum absolute atomic E-state index is 0.0153. The van der Waals surface area contributed by atoms with Crippen molar-refractivity contribution in [3.05, 3.63) is 90.0 Å². The van der Waals surface area contributed by atoms with Crippen LogP contribution in [0.1, 0.15) is 30.0 Å². The molecular formula is C28H26N4O4S. The SMILES string of the molecule is COc1ccc(NC(=O)C[C@H]2SC(N3N=C(c4ccc(OC)cc4)C[C@@H]3c3ccccc3)=NC2=O)cc1. The van der Waals surface area contributed by atoms with E-state index in [0.29, 0.717) is 23.0 Å². The Morgan fingerprint density at radius 2 is 1.62 bits per heavy atom. The lowest BCUT2D eigenvalue weighted by molar-refractivity contribution is -0.121. The van der Waals surface area contributed by atoms with Crippen molar-refractivity contribution in [2.45, 2.75) is 24.1 Å². The first-order chi connectivity index (χ1) is 18.0. The summed E-state index contributed by atoms with van der Waals surface area (Å²) in [6, 6.07) is 24.7. The first-order valence-electron chi connectivity index (χ1n) is 11.8. The van der Waals surface area contributed by atoms with E-state index >= 15 is 0 Å². The molecule has 2 aliphatic rings. The molecular weight excluding hydrogens is 488 g/mol. The minimum Gasteiger partial charge on any atom is -0.497 e. The second-order valence-corrected chi connectivity index (χ2v) is 9.74. The average Bonchev–Trinajstić information content (AvgIpc) is 3.53. The van der Waals surface area contributed by atoms with Gasteiger partial charge in [0.1, 0.15) is 16.7 Å². The number of nitrogens with zero attached hydrogens (tertiary/aromatic N) is 3. The lowest BCUT2D eigenvalue weighted by Crippen LogP contribution is -2.25. The third kappa shape index (κ3) is 5.51. The Kier molecular flexibility index (Phi) is 7.23. The fourth-order valence-electron chi connectivity index (χ4n) is 4.24. The molecule has 0 saturated carbocycles. The van der Waals surface area contributed by atoms with E-state index in [1.807, 2.05) is 59.6 Å². The quantitative estimate of drug-likeness (QED) is 0.483. The molecule has 2 atom stereocenters. The van der Waals surface area contributed by atoms with E-state index < -0.39 is 5.25 Å². The summed E-state index contributed by atoms with van der Waals surface area (Å²) in [4.78, 5) is 29.8. The molecule has 0 bridgehead atoms. The van der Waals surface area contributed by atoms with Crippen LogP contribution in [0.5, 0.6) is 11.5 Å². The minimum atomic E-state index is -0.607. The Labute approximate surface area is 219 Å². The molecule has 0 unspecified atom stereocenters. The largest absolute Gasteiger partial charge is 0.497 e. The van der Waals surface area contributed by atoms with Crippen molar-refractivity contribution in [2.75, 3.05) is 19.5 Å². The number of amidine groups is 1. The zero-order chi connectivity index (χ0) is 25.8. The molecule has 0 radical (unpaired) electrons. The Bertz CT molecular complexity index is 1340. The molecule has 1 N–H and O–H groups in total. The first kappa shape index (κ1) is 24.6. The van der Waals surface area contributed by atoms with Gasteiger partial charge in [-0.15, -0.1) is 0 Å². The van der Waals surface area contributed by atoms with Crippen LogP contribution in [0.3, 0.4) is 0 Å². The number of ether oxygens (including phenoxy) is 2. The molecule has 37 heavy (non-hydrogen) atoms. The summed E-state index contributed by atoms with van der Waals surface area (Å²) >= 11 is 1.28. The molecule has 2 aliphatic heterocycles. The number of rotatable bonds is 7. The molecule has 0 fully saturated rings. The van der Waals surface area contributed by atoms with E-state index in [9.17, 15) is 9.59 Å². The van der Waals surface area contributed by atoms with Gasteiger partial charge in [0.05, 0.1) is 26.0 Å². The molecule has 8 nitrogen and oxygen atoms in total. The first-order valence-corrected chi connectivity index (χ1v) is 12.7. The number of thioether (sulfide) groups is 1. The van der Waals surface area contributed by atoms with Crippen LogP contribution in [0, 0.1) is 0 Å². The van der Waals surface area contributed by atoms with Crippen LogP contribution in [-0.2, 0) is 9.59 Å². The van der Waals surface area contributed by atoms with Crippen LogP contribution in [-0.4, -0.2) is 47.2 Å². The second-order valence-electron chi connectivity index (χ2n) is 8.57. The van der Waals surface area contributed by atoms with Gasteiger partial charge in [0.15, 0.2) is 5.17 Å². The fourth-order valence-corrected chi connectivity index (χ4v) is 5.30. The second kappa shape index (κ2) is 10.9. The molecule has 3 aromatic carbocycles. The smallest absolute Gasteiger partial charge is 0.262 e. The summed E-state index contributed by atoms with van der Waals surface area (Å²) < 4.78 is 10.4. The number of carbonyl (C=O) groups excluding carboxylic acids is 2. The van der Waals surface area contributed by atoms with E-state index in [2.05, 4.69) is 10.3 Å². The number of aliphatic imine (C=N–C) groups is 1. The highest BCUT2D eigenvalue weighted by atomic mass is 32.2. The van der Waals surface area contributed by atoms with E-state index in [-0.39, 0.29) is 24.3 Å². The van der Waals surface area contributed by atoms with Gasteiger partial charge in [0, 0.05) is 18.5 Å². The summed E-state index contributed by atoms with van der Waals surface area (Å²) in [5, 5.41) is 9.43. The zero-order valence-electron chi connectivity index (χ0n) is 20.5. The molecule has 188 valence electrons. The number of methoxy groups -OCH3 is 2. The van der Waals surface area contributed by atoms with Crippen molar-refractivity contribution in [1.29, 1.82) is 0 Å². The summed E-state index contributed by atoms with van der Waals surface area (Å²) in [6.07, 6.45) is 0.675. The van der Waals surface area contributed by atoms with Crippen LogP contribution >= 0.6 is 11.8 Å². The summed E-state index contributed by atoms with van der Waals surface area (Å²) in [5.41, 5.74) is 3.59. The predicted octanol–water partition coefficient (Wildman–Crippen LogP) is 4.88. The lowest BCUT2D eigenvalue weighted by atomic mass is 9.98. The lowest BCUT2D eigenvalue weighted by Gasteiger charge is -2.23. The van der Waals surface area contributed by atoms with Crippen molar-refractivity contribution in [3.8, 4) is 11.5 Å². The molecule has 3 aromatic rings. The monoisotopic (exact) mass is 514 g/mol. The maximum absolute atomic E-state index is 12.8. The Morgan fingerprint density at radius 1 is 0.973 bits per heavy atom. The van der Waals surface area contributed by atoms with E-state index in [1.165, 1.54) is 11.8 Å². The number of carbonyl (C=O) groups is 2. The van der Waals surface area contributed by atoms with E-state index in [0.717, 1.165) is 22.6 Å². The van der Waals surface area contributed by atoms with Crippen molar-refractivity contribution in [2.24, 2.45) is 10.1 Å². The highest BCUT2D eigenvalue weighted by molar-refractivity contribution is 8.15. The highest BCUT2D eigenvalue weighted by Gasteiger charge is 2.39. The molecule has 0 spiro atoms. The number of anilines is 1. The molecule has 9 heteroatoms. The molecule has 2 heterocycles. The normalized spacial score (nSPS) is 18.9. The van der Waals surface area contributed by atoms with Gasteiger partial charge in [-0.2, -0.15) is 10.1 Å². The van der Waals surface area contributed by atoms with E-state index in [1.54, 1.807) is 38.5 Å². The average molecular weight is 515 g/mol. The van der Waals surface area contributed by atoms with Gasteiger partial charge >= 0.3 is 0 Å². The van der Waals surface area contributed by atoms with Gasteiger partial charge in [0.2, 0.25) is 5.91 Å². The number of amides is 2. The molecule has 0 saturated heterocycles. The van der Waals surface area contributed by atoms with Crippen molar-refractivity contribution in [3.63, 3.8) is 0 Å². The van der Waals surface area contributed by atoms with Crippen LogP contribution in [0.25, 0.3) is 0 Å². The van der Waals surface area contributed by atoms with Crippen LogP contribution in [0.4, 0.5) is 5.69 Å². The van der Waals surface area contributed by atoms with Crippen LogP contribution in [0.15, 0.2) is 89.0 Å². The fraction of sp³-hybridized carbons (Fsp3) is 0.214. The number of hydrazone groups is 1. The Morgan fingerprint density at radius 3 is 2.27 bits per heavy atom. The molecule has 0 aliphatic carbocycles. The van der Waals surface area contributed by atoms with Crippen molar-refractivity contribution < 1.29 is 19.1 Å². The molecule has 5 rings (SSSR count). The van der Waals surface area contributed by atoms with Gasteiger partial charge in [-0.25, -0.2) is 5.01 Å². The third-order valence-corrected chi connectivity index (χ3v) is 7.33. The standard InChI is InChI=1S/C28H26N4O4S/c1-35-21-12-8-18(9-13-21)23-16-24(19-6-4-3-5-7-19)32(31-23)28-30-27(34)25(37-28)17-26(33)29-20-10-14-22(36-2)15-11-20/h3-15,24-25H,16-17H2,1-2H3,(H,29,33)/t24-,25-/m1/s1. The maximum atomic E-state index is 12.8.